The van der Waals surface area contributed by atoms with Crippen molar-refractivity contribution in [1.82, 2.24) is 0 Å². The zero-order chi connectivity index (χ0) is 17.4. The van der Waals surface area contributed by atoms with E-state index >= 15 is 0 Å². The van der Waals surface area contributed by atoms with Gasteiger partial charge >= 0.3 is 12.1 Å². The molecule has 0 fully saturated rings. The number of anilines is 1. The molecule has 0 aliphatic rings. The molecule has 2 rings (SSSR count). The number of nitrogens with zero attached hydrogens (tertiary/aromatic N) is 1. The number of carbonyl (C=O) groups is 1. The predicted octanol–water partition coefficient (Wildman–Crippen LogP) is 3.12. The molecule has 23 heavy (non-hydrogen) atoms. The summed E-state index contributed by atoms with van der Waals surface area (Å²) >= 11 is 0.770. The largest absolute Gasteiger partial charge is 0.483 e. The Morgan fingerprint density at radius 3 is 2.61 bits per heavy atom. The Morgan fingerprint density at radius 2 is 2.09 bits per heavy atom. The summed E-state index contributed by atoms with van der Waals surface area (Å²) in [5.74, 6) is -1.22. The summed E-state index contributed by atoms with van der Waals surface area (Å²) in [6.07, 6.45) is -4.63. The second-order valence-corrected chi connectivity index (χ2v) is 5.37. The molecule has 0 radical (unpaired) electrons. The Balaban J connectivity index is 2.63. The number of rotatable bonds is 4. The maximum absolute atomic E-state index is 12.3. The number of benzene rings is 1. The molecule has 0 unspecified atom stereocenters. The minimum absolute atomic E-state index is 0.00486. The first-order chi connectivity index (χ1) is 10.6. The fourth-order valence-corrected chi connectivity index (χ4v) is 2.91. The molecule has 0 bridgehead atoms. The van der Waals surface area contributed by atoms with E-state index in [1.165, 1.54) is 0 Å². The third kappa shape index (κ3) is 3.44. The number of nitro benzene ring substituents is 1. The number of carbonyl (C=O) groups excluding carboxylic acids is 1. The monoisotopic (exact) mass is 350 g/mol. The molecule has 7 nitrogen and oxygen atoms in total. The van der Waals surface area contributed by atoms with Gasteiger partial charge in [0.2, 0.25) is 0 Å². The molecule has 0 aliphatic heterocycles. The van der Waals surface area contributed by atoms with Crippen LogP contribution in [0.5, 0.6) is 5.75 Å². The van der Waals surface area contributed by atoms with Gasteiger partial charge in [0, 0.05) is 10.8 Å². The maximum Gasteiger partial charge on any atom is 0.422 e. The number of alkyl halides is 3. The predicted molar refractivity (Wildman–Crippen MR) is 75.8 cm³/mol. The summed E-state index contributed by atoms with van der Waals surface area (Å²) in [7, 11) is 1.11. The number of esters is 1. The van der Waals surface area contributed by atoms with Crippen molar-refractivity contribution in [2.75, 3.05) is 19.5 Å². The summed E-state index contributed by atoms with van der Waals surface area (Å²) in [4.78, 5) is 21.6. The highest BCUT2D eigenvalue weighted by Gasteiger charge is 2.30. The van der Waals surface area contributed by atoms with Gasteiger partial charge in [-0.25, -0.2) is 4.79 Å². The van der Waals surface area contributed by atoms with E-state index in [0.29, 0.717) is 0 Å². The van der Waals surface area contributed by atoms with Gasteiger partial charge in [-0.15, -0.1) is 11.3 Å². The first kappa shape index (κ1) is 16.8. The maximum atomic E-state index is 12.3. The lowest BCUT2D eigenvalue weighted by Crippen LogP contribution is -2.19. The lowest BCUT2D eigenvalue weighted by Gasteiger charge is -2.10. The molecule has 0 saturated heterocycles. The van der Waals surface area contributed by atoms with Crippen molar-refractivity contribution in [2.24, 2.45) is 0 Å². The smallest absolute Gasteiger partial charge is 0.422 e. The van der Waals surface area contributed by atoms with Crippen molar-refractivity contribution < 1.29 is 32.4 Å². The number of nitrogens with two attached hydrogens (primary N) is 1. The van der Waals surface area contributed by atoms with Gasteiger partial charge < -0.3 is 15.2 Å². The summed E-state index contributed by atoms with van der Waals surface area (Å²) in [5.41, 5.74) is 5.13. The van der Waals surface area contributed by atoms with Gasteiger partial charge in [-0.05, 0) is 0 Å². The lowest BCUT2D eigenvalue weighted by molar-refractivity contribution is -0.384. The van der Waals surface area contributed by atoms with Gasteiger partial charge in [0.25, 0.3) is 5.69 Å². The Morgan fingerprint density at radius 1 is 1.43 bits per heavy atom. The molecular formula is C12H9F3N2O5S. The van der Waals surface area contributed by atoms with Gasteiger partial charge in [0.15, 0.2) is 6.61 Å². The van der Waals surface area contributed by atoms with Gasteiger partial charge in [-0.2, -0.15) is 13.2 Å². The van der Waals surface area contributed by atoms with E-state index in [2.05, 4.69) is 9.47 Å². The second kappa shape index (κ2) is 5.91. The van der Waals surface area contributed by atoms with Crippen molar-refractivity contribution in [3.8, 4) is 5.75 Å². The fourth-order valence-electron chi connectivity index (χ4n) is 1.82. The topological polar surface area (TPSA) is 105 Å². The van der Waals surface area contributed by atoms with Crippen LogP contribution in [0.1, 0.15) is 9.67 Å². The Bertz CT molecular complexity index is 787. The number of hydrogen-bond donors (Lipinski definition) is 1. The highest BCUT2D eigenvalue weighted by atomic mass is 32.1. The second-order valence-electron chi connectivity index (χ2n) is 4.31. The number of non-ortho nitro benzene ring substituents is 1. The molecule has 0 aliphatic carbocycles. The van der Waals surface area contributed by atoms with Crippen LogP contribution < -0.4 is 10.5 Å². The summed E-state index contributed by atoms with van der Waals surface area (Å²) in [6.45, 7) is -1.65. The average molecular weight is 350 g/mol. The molecule has 2 N–H and O–H groups in total. The zero-order valence-electron chi connectivity index (χ0n) is 11.5. The number of hydrogen-bond acceptors (Lipinski definition) is 7. The number of methoxy groups -OCH3 is 1. The molecule has 1 aromatic heterocycles. The van der Waals surface area contributed by atoms with Crippen LogP contribution in [-0.2, 0) is 4.74 Å². The molecule has 2 aromatic rings. The normalized spacial score (nSPS) is 11.5. The van der Waals surface area contributed by atoms with E-state index in [0.717, 1.165) is 30.6 Å². The summed E-state index contributed by atoms with van der Waals surface area (Å²) in [6, 6.07) is 1.93. The molecule has 0 amide bonds. The van der Waals surface area contributed by atoms with Crippen LogP contribution in [0, 0.1) is 10.1 Å². The minimum Gasteiger partial charge on any atom is -0.483 e. The summed E-state index contributed by atoms with van der Waals surface area (Å²) < 4.78 is 46.3. The minimum atomic E-state index is -4.63. The molecule has 1 aromatic carbocycles. The third-order valence-electron chi connectivity index (χ3n) is 2.75. The highest BCUT2D eigenvalue weighted by molar-refractivity contribution is 7.21. The highest BCUT2D eigenvalue weighted by Crippen LogP contribution is 2.42. The molecule has 0 spiro atoms. The number of ether oxygens (including phenoxy) is 2. The zero-order valence-corrected chi connectivity index (χ0v) is 12.3. The Kier molecular flexibility index (Phi) is 4.32. The number of nitro groups is 1. The van der Waals surface area contributed by atoms with Gasteiger partial charge in [-0.1, -0.05) is 0 Å². The van der Waals surface area contributed by atoms with Gasteiger partial charge in [0.05, 0.1) is 29.2 Å². The van der Waals surface area contributed by atoms with Crippen LogP contribution in [0.2, 0.25) is 0 Å². The molecule has 124 valence electrons. The molecule has 0 saturated carbocycles. The lowest BCUT2D eigenvalue weighted by atomic mass is 10.2. The first-order valence-corrected chi connectivity index (χ1v) is 6.74. The van der Waals surface area contributed by atoms with Crippen LogP contribution in [0.15, 0.2) is 12.1 Å². The van der Waals surface area contributed by atoms with Gasteiger partial charge in [0.1, 0.15) is 10.6 Å². The SMILES string of the molecule is COC(=O)c1sc2cc([N+](=O)[O-])cc(OCC(F)(F)F)c2c1N. The van der Waals surface area contributed by atoms with E-state index < -0.39 is 35.1 Å². The average Bonchev–Trinajstić information content (AvgIpc) is 2.80. The number of fused-ring (bicyclic) bond motifs is 1. The van der Waals surface area contributed by atoms with Crippen LogP contribution in [0.4, 0.5) is 24.5 Å². The van der Waals surface area contributed by atoms with Crippen molar-refractivity contribution in [2.45, 2.75) is 6.18 Å². The van der Waals surface area contributed by atoms with Crippen molar-refractivity contribution in [3.63, 3.8) is 0 Å². The van der Waals surface area contributed by atoms with E-state index in [-0.39, 0.29) is 20.7 Å². The van der Waals surface area contributed by atoms with Crippen LogP contribution in [-0.4, -0.2) is 30.8 Å². The van der Waals surface area contributed by atoms with E-state index in [9.17, 15) is 28.1 Å². The van der Waals surface area contributed by atoms with Crippen LogP contribution in [0.3, 0.4) is 0 Å². The number of thiophene rings is 1. The van der Waals surface area contributed by atoms with Crippen LogP contribution in [0.25, 0.3) is 10.1 Å². The van der Waals surface area contributed by atoms with Gasteiger partial charge in [-0.3, -0.25) is 10.1 Å². The molecular weight excluding hydrogens is 341 g/mol. The molecule has 1 heterocycles. The summed E-state index contributed by atoms with van der Waals surface area (Å²) in [5, 5.41) is 10.9. The van der Waals surface area contributed by atoms with Crippen molar-refractivity contribution in [1.29, 1.82) is 0 Å². The quantitative estimate of drug-likeness (QED) is 0.516. The number of halogens is 3. The van der Waals surface area contributed by atoms with E-state index in [1.54, 1.807) is 0 Å². The Hall–Kier alpha value is -2.56. The molecule has 0 atom stereocenters. The fraction of sp³-hybridized carbons (Fsp3) is 0.250. The van der Waals surface area contributed by atoms with Crippen molar-refractivity contribution >= 4 is 38.8 Å². The third-order valence-corrected chi connectivity index (χ3v) is 3.88. The number of nitrogen functional groups attached to an aromatic ring is 1. The van der Waals surface area contributed by atoms with E-state index in [1.807, 2.05) is 0 Å². The first-order valence-electron chi connectivity index (χ1n) is 5.92. The van der Waals surface area contributed by atoms with Crippen molar-refractivity contribution in [3.05, 3.63) is 27.1 Å². The van der Waals surface area contributed by atoms with E-state index in [4.69, 9.17) is 5.73 Å². The molecule has 11 heteroatoms. The van der Waals surface area contributed by atoms with Crippen LogP contribution >= 0.6 is 11.3 Å². The Labute approximate surface area is 130 Å². The standard InChI is InChI=1S/C12H9F3N2O5S/c1-21-11(18)10-9(16)8-6(22-4-12(13,14)15)2-5(17(19)20)3-7(8)23-10/h2-3H,4,16H2,1H3.